The van der Waals surface area contributed by atoms with Crippen molar-refractivity contribution in [2.45, 2.75) is 6.54 Å². The first-order valence-electron chi connectivity index (χ1n) is 17.3. The maximum atomic E-state index is 15.4. The lowest BCUT2D eigenvalue weighted by atomic mass is 9.12. The molecule has 0 aliphatic rings. The minimum absolute atomic E-state index is 0.107. The molecular weight excluding hydrogens is 932 g/mol. The molecule has 1 heterocycles. The van der Waals surface area contributed by atoms with Crippen LogP contribution in [0.3, 0.4) is 0 Å². The molecule has 1 aromatic heterocycles. The van der Waals surface area contributed by atoms with Crippen LogP contribution in [0.5, 0.6) is 0 Å². The number of aromatic nitrogens is 1. The van der Waals surface area contributed by atoms with Gasteiger partial charge < -0.3 is 0 Å². The highest BCUT2D eigenvalue weighted by atomic mass is 19.2. The van der Waals surface area contributed by atoms with Crippen molar-refractivity contribution >= 4 is 44.6 Å². The van der Waals surface area contributed by atoms with Crippen LogP contribution in [0.2, 0.25) is 0 Å². The second-order valence-corrected chi connectivity index (χ2v) is 13.5. The Morgan fingerprint density at radius 2 is 0.677 bits per heavy atom. The number of nitrogens with zero attached hydrogens (tertiary/aromatic N) is 1. The van der Waals surface area contributed by atoms with Crippen LogP contribution >= 0.6 is 0 Å². The van der Waals surface area contributed by atoms with Crippen LogP contribution in [0.25, 0.3) is 10.8 Å². The lowest BCUT2D eigenvalue weighted by Gasteiger charge is -2.44. The van der Waals surface area contributed by atoms with Crippen LogP contribution in [0.1, 0.15) is 10.4 Å². The van der Waals surface area contributed by atoms with Gasteiger partial charge in [0.2, 0.25) is 12.3 Å². The van der Waals surface area contributed by atoms with Crippen LogP contribution in [-0.4, -0.2) is 11.9 Å². The quantitative estimate of drug-likeness (QED) is 0.0391. The van der Waals surface area contributed by atoms with E-state index in [-0.39, 0.29) is 18.1 Å². The van der Waals surface area contributed by atoms with Crippen molar-refractivity contribution in [1.82, 2.24) is 0 Å². The van der Waals surface area contributed by atoms with Crippen molar-refractivity contribution in [2.24, 2.45) is 0 Å². The van der Waals surface area contributed by atoms with Gasteiger partial charge in [0.05, 0.1) is 0 Å². The molecule has 0 radical (unpaired) electrons. The molecule has 2 nitrogen and oxygen atoms in total. The number of carbonyl (C=O) groups excluding carboxylic acids is 1. The highest BCUT2D eigenvalue weighted by molar-refractivity contribution is 7.20. The fraction of sp³-hybridized carbons (Fsp3) is 0.0244. The number of pyridine rings is 1. The third-order valence-corrected chi connectivity index (χ3v) is 9.93. The molecule has 0 saturated carbocycles. The van der Waals surface area contributed by atoms with Crippen molar-refractivity contribution in [3.05, 3.63) is 195 Å². The van der Waals surface area contributed by atoms with E-state index in [1.165, 1.54) is 12.1 Å². The van der Waals surface area contributed by atoms with E-state index in [1.807, 2.05) is 47.3 Å². The molecular formula is C41H13BF21NO. The van der Waals surface area contributed by atoms with Crippen LogP contribution in [0, 0.1) is 122 Å². The van der Waals surface area contributed by atoms with Crippen LogP contribution in [0.4, 0.5) is 92.2 Å². The summed E-state index contributed by atoms with van der Waals surface area (Å²) in [4.78, 5) is 12.1. The molecule has 0 atom stereocenters. The Morgan fingerprint density at radius 3 is 1.00 bits per heavy atom. The Balaban J connectivity index is 0.000000289. The summed E-state index contributed by atoms with van der Waals surface area (Å²) in [5, 5.41) is 2.20. The zero-order chi connectivity index (χ0) is 48.3. The molecule has 0 fully saturated rings. The summed E-state index contributed by atoms with van der Waals surface area (Å²) in [6.07, 6.45) is -3.43. The van der Waals surface area contributed by atoms with Crippen LogP contribution in [-0.2, 0) is 6.54 Å². The van der Waals surface area contributed by atoms with Crippen molar-refractivity contribution in [2.75, 3.05) is 0 Å². The number of fused-ring (bicyclic) bond motifs is 1. The van der Waals surface area contributed by atoms with E-state index in [9.17, 15) is 61.9 Å². The van der Waals surface area contributed by atoms with Gasteiger partial charge in [-0.2, -0.15) is 4.57 Å². The third-order valence-electron chi connectivity index (χ3n) is 9.93. The highest BCUT2D eigenvalue weighted by Gasteiger charge is 2.52. The van der Waals surface area contributed by atoms with Crippen molar-refractivity contribution in [3.8, 4) is 0 Å². The fourth-order valence-corrected chi connectivity index (χ4v) is 7.07. The lowest BCUT2D eigenvalue weighted by Crippen LogP contribution is -2.81. The Morgan fingerprint density at radius 1 is 0.369 bits per heavy atom. The van der Waals surface area contributed by atoms with E-state index in [4.69, 9.17) is 0 Å². The highest BCUT2D eigenvalue weighted by Crippen LogP contribution is 2.31. The molecule has 0 spiro atoms. The second kappa shape index (κ2) is 17.5. The molecule has 0 saturated heterocycles. The number of Topliss-reactive ketones (excluding diaryl/α,β-unsaturated/α-hetero) is 1. The average Bonchev–Trinajstić information content (AvgIpc) is 3.29. The summed E-state index contributed by atoms with van der Waals surface area (Å²) in [7, 11) is 0. The number of rotatable bonds is 7. The molecule has 65 heavy (non-hydrogen) atoms. The van der Waals surface area contributed by atoms with Gasteiger partial charge in [-0.05, 0) is 23.6 Å². The van der Waals surface area contributed by atoms with Gasteiger partial charge >= 0.3 is 0 Å². The summed E-state index contributed by atoms with van der Waals surface area (Å²) in [6, 6.07) is 15.7. The normalized spacial score (nSPS) is 11.6. The van der Waals surface area contributed by atoms with E-state index in [0.717, 1.165) is 10.8 Å². The third kappa shape index (κ3) is 7.56. The summed E-state index contributed by atoms with van der Waals surface area (Å²) in [6.45, 7) is 0.203. The fourth-order valence-electron chi connectivity index (χ4n) is 7.07. The van der Waals surface area contributed by atoms with Crippen LogP contribution in [0.15, 0.2) is 67.0 Å². The van der Waals surface area contributed by atoms with Gasteiger partial charge in [0.25, 0.3) is 0 Å². The molecule has 0 bridgehead atoms. The number of ketones is 1. The first-order chi connectivity index (χ1) is 30.4. The maximum absolute atomic E-state index is 15.4. The number of hydrogen-bond acceptors (Lipinski definition) is 1. The van der Waals surface area contributed by atoms with Gasteiger partial charge in [-0.25, -0.2) is 92.2 Å². The number of halogens is 21. The first-order valence-corrected chi connectivity index (χ1v) is 17.3. The molecule has 0 aliphatic carbocycles. The Bertz CT molecular complexity index is 2740. The standard InChI is InChI=1S/C24BF20.C17H13FNO/c26-5-1(6(27)14(35)21(42)13(5)34)25(2-7(28)15(36)22(43)16(37)8(2)29,3-9(30)17(38)23(44)18(39)10(3)31)4-11(32)19(40)24(45)20(41)12(4)33;18-16-7-3-6-14(10-16)17(20)12-19-9-8-13-4-1-2-5-15(13)11-19/h;1-11H,12H2/q-1;+1. The predicted molar refractivity (Wildman–Crippen MR) is 184 cm³/mol. The van der Waals surface area contributed by atoms with Gasteiger partial charge in [-0.15, -0.1) is 21.9 Å². The molecule has 338 valence electrons. The van der Waals surface area contributed by atoms with Crippen molar-refractivity contribution < 1.29 is 102 Å². The van der Waals surface area contributed by atoms with Crippen LogP contribution < -0.4 is 26.4 Å². The maximum Gasteiger partial charge on any atom is 0.227 e. The van der Waals surface area contributed by atoms with E-state index < -0.39 is 144 Å². The largest absolute Gasteiger partial charge is 0.287 e. The molecule has 0 unspecified atom stereocenters. The molecule has 0 amide bonds. The Hall–Kier alpha value is -7.01. The van der Waals surface area contributed by atoms with Gasteiger partial charge in [0.1, 0.15) is 58.5 Å². The second-order valence-electron chi connectivity index (χ2n) is 13.5. The number of benzene rings is 6. The number of hydrogen-bond donors (Lipinski definition) is 0. The van der Waals surface area contributed by atoms with Gasteiger partial charge in [0, 0.05) is 17.0 Å². The molecule has 24 heteroatoms. The van der Waals surface area contributed by atoms with Crippen molar-refractivity contribution in [1.29, 1.82) is 0 Å². The monoisotopic (exact) mass is 945 g/mol. The Labute approximate surface area is 347 Å². The van der Waals surface area contributed by atoms with Gasteiger partial charge in [-0.3, -0.25) is 4.79 Å². The molecule has 0 aliphatic heterocycles. The first kappa shape index (κ1) is 47.5. The molecule has 7 aromatic rings. The SMILES string of the molecule is Fc1c(F)c(F)c([B-](c2c(F)c(F)c(F)c(F)c2F)(c2c(F)c(F)c(F)c(F)c2F)c2c(F)c(F)c(F)c(F)c2F)c(F)c1F.O=C(C[n+]1ccc2ccccc2c1)c1cccc(F)c1. The zero-order valence-corrected chi connectivity index (χ0v) is 30.9. The number of carbonyl (C=O) groups is 1. The zero-order valence-electron chi connectivity index (χ0n) is 30.9. The Kier molecular flexibility index (Phi) is 12.8. The van der Waals surface area contributed by atoms with E-state index >= 15 is 35.1 Å². The minimum atomic E-state index is -7.22. The van der Waals surface area contributed by atoms with Crippen molar-refractivity contribution in [3.63, 3.8) is 0 Å². The molecule has 7 rings (SSSR count). The van der Waals surface area contributed by atoms with Gasteiger partial charge in [-0.1, -0.05) is 30.3 Å². The predicted octanol–water partition coefficient (Wildman–Crippen LogP) is 9.00. The summed E-state index contributed by atoms with van der Waals surface area (Å²) in [5.41, 5.74) is -13.9. The molecule has 0 N–H and O–H groups in total. The topological polar surface area (TPSA) is 20.9 Å². The summed E-state index contributed by atoms with van der Waals surface area (Å²) in [5.74, 6) is -71.9. The van der Waals surface area contributed by atoms with E-state index in [1.54, 1.807) is 12.1 Å². The van der Waals surface area contributed by atoms with E-state index in [0.29, 0.717) is 5.56 Å². The minimum Gasteiger partial charge on any atom is -0.287 e. The summed E-state index contributed by atoms with van der Waals surface area (Å²) < 4.78 is 309. The molecule has 6 aromatic carbocycles. The smallest absolute Gasteiger partial charge is 0.227 e. The van der Waals surface area contributed by atoms with Gasteiger partial charge in [0.15, 0.2) is 82.2 Å². The summed E-state index contributed by atoms with van der Waals surface area (Å²) >= 11 is 0. The van der Waals surface area contributed by atoms with E-state index in [2.05, 4.69) is 0 Å². The average molecular weight is 945 g/mol. The lowest BCUT2D eigenvalue weighted by molar-refractivity contribution is -0.681.